The minimum absolute atomic E-state index is 0.555. The number of anilines is 1. The number of hydrogen-bond acceptors (Lipinski definition) is 4. The smallest absolute Gasteiger partial charge is 0.246 e. The summed E-state index contributed by atoms with van der Waals surface area (Å²) in [4.78, 5) is 0. The number of ether oxygens (including phenoxy) is 2. The number of nitrogens with two attached hydrogens (primary N) is 1. The molecule has 0 atom stereocenters. The molecular formula is C13H14ClN3O2. The SMILES string of the molecule is Cn1ncc(-c2cc3c(cc2Cl)OC(C)(C)O3)c1N. The van der Waals surface area contributed by atoms with Crippen LogP contribution in [0.2, 0.25) is 5.02 Å². The Morgan fingerprint density at radius 3 is 2.42 bits per heavy atom. The first-order valence-electron chi connectivity index (χ1n) is 5.87. The van der Waals surface area contributed by atoms with Gasteiger partial charge in [0.1, 0.15) is 5.82 Å². The van der Waals surface area contributed by atoms with Crippen molar-refractivity contribution in [3.8, 4) is 22.6 Å². The van der Waals surface area contributed by atoms with Gasteiger partial charge in [-0.3, -0.25) is 4.68 Å². The van der Waals surface area contributed by atoms with Crippen molar-refractivity contribution in [1.82, 2.24) is 9.78 Å². The van der Waals surface area contributed by atoms with Gasteiger partial charge in [0.25, 0.3) is 0 Å². The van der Waals surface area contributed by atoms with E-state index in [0.29, 0.717) is 22.3 Å². The predicted octanol–water partition coefficient (Wildman–Crippen LogP) is 2.83. The van der Waals surface area contributed by atoms with Crippen molar-refractivity contribution in [2.24, 2.45) is 7.05 Å². The largest absolute Gasteiger partial charge is 0.449 e. The van der Waals surface area contributed by atoms with Crippen molar-refractivity contribution in [3.05, 3.63) is 23.4 Å². The Balaban J connectivity index is 2.13. The number of rotatable bonds is 1. The highest BCUT2D eigenvalue weighted by Crippen LogP contribution is 2.45. The first-order valence-corrected chi connectivity index (χ1v) is 6.24. The van der Waals surface area contributed by atoms with Crippen LogP contribution in [-0.2, 0) is 7.05 Å². The highest BCUT2D eigenvalue weighted by molar-refractivity contribution is 6.33. The normalized spacial score (nSPS) is 15.8. The van der Waals surface area contributed by atoms with Crippen LogP contribution in [0.4, 0.5) is 5.82 Å². The van der Waals surface area contributed by atoms with E-state index in [1.807, 2.05) is 19.9 Å². The standard InChI is InChI=1S/C13H14ClN3O2/c1-13(2)18-10-4-7(9(14)5-11(10)19-13)8-6-16-17(3)12(8)15/h4-6H,15H2,1-3H3. The third-order valence-electron chi connectivity index (χ3n) is 3.02. The number of fused-ring (bicyclic) bond motifs is 1. The van der Waals surface area contributed by atoms with Crippen LogP contribution in [0.25, 0.3) is 11.1 Å². The van der Waals surface area contributed by atoms with E-state index >= 15 is 0 Å². The fraction of sp³-hybridized carbons (Fsp3) is 0.308. The number of benzene rings is 1. The molecule has 2 heterocycles. The van der Waals surface area contributed by atoms with Crippen LogP contribution in [0.1, 0.15) is 13.8 Å². The van der Waals surface area contributed by atoms with Crippen LogP contribution in [0.15, 0.2) is 18.3 Å². The minimum Gasteiger partial charge on any atom is -0.449 e. The molecule has 5 nitrogen and oxygen atoms in total. The van der Waals surface area contributed by atoms with Crippen LogP contribution in [-0.4, -0.2) is 15.6 Å². The summed E-state index contributed by atoms with van der Waals surface area (Å²) in [5, 5.41) is 4.67. The lowest BCUT2D eigenvalue weighted by molar-refractivity contribution is -0.0431. The number of nitrogen functional groups attached to an aromatic ring is 1. The molecule has 0 amide bonds. The third-order valence-corrected chi connectivity index (χ3v) is 3.33. The van der Waals surface area contributed by atoms with Gasteiger partial charge in [-0.25, -0.2) is 0 Å². The quantitative estimate of drug-likeness (QED) is 0.872. The van der Waals surface area contributed by atoms with Gasteiger partial charge in [0.15, 0.2) is 11.5 Å². The Kier molecular flexibility index (Phi) is 2.44. The predicted molar refractivity (Wildman–Crippen MR) is 73.4 cm³/mol. The molecule has 0 saturated carbocycles. The third kappa shape index (κ3) is 1.90. The van der Waals surface area contributed by atoms with Crippen LogP contribution in [0.5, 0.6) is 11.5 Å². The monoisotopic (exact) mass is 279 g/mol. The van der Waals surface area contributed by atoms with Gasteiger partial charge >= 0.3 is 0 Å². The summed E-state index contributed by atoms with van der Waals surface area (Å²) in [5.41, 5.74) is 7.54. The average Bonchev–Trinajstić information content (AvgIpc) is 2.78. The van der Waals surface area contributed by atoms with Crippen LogP contribution < -0.4 is 15.2 Å². The van der Waals surface area contributed by atoms with Crippen molar-refractivity contribution in [2.75, 3.05) is 5.73 Å². The summed E-state index contributed by atoms with van der Waals surface area (Å²) in [7, 11) is 1.78. The lowest BCUT2D eigenvalue weighted by Gasteiger charge is -2.16. The van der Waals surface area contributed by atoms with Gasteiger partial charge in [-0.05, 0) is 6.07 Å². The number of aromatic nitrogens is 2. The van der Waals surface area contributed by atoms with Crippen molar-refractivity contribution < 1.29 is 9.47 Å². The van der Waals surface area contributed by atoms with E-state index in [0.717, 1.165) is 11.1 Å². The van der Waals surface area contributed by atoms with Gasteiger partial charge in [0, 0.05) is 38.1 Å². The Hall–Kier alpha value is -1.88. The maximum Gasteiger partial charge on any atom is 0.246 e. The summed E-state index contributed by atoms with van der Waals surface area (Å²) in [5.74, 6) is 1.18. The first kappa shape index (κ1) is 12.2. The molecule has 0 bridgehead atoms. The maximum absolute atomic E-state index is 6.29. The molecule has 1 aromatic carbocycles. The average molecular weight is 280 g/mol. The second-order valence-corrected chi connectivity index (χ2v) is 5.36. The van der Waals surface area contributed by atoms with E-state index in [9.17, 15) is 0 Å². The van der Waals surface area contributed by atoms with Gasteiger partial charge in [-0.15, -0.1) is 0 Å². The van der Waals surface area contributed by atoms with E-state index in [1.54, 1.807) is 24.0 Å². The van der Waals surface area contributed by atoms with Crippen molar-refractivity contribution in [2.45, 2.75) is 19.6 Å². The Bertz CT molecular complexity index is 664. The van der Waals surface area contributed by atoms with Crippen molar-refractivity contribution in [1.29, 1.82) is 0 Å². The first-order chi connectivity index (χ1) is 8.87. The van der Waals surface area contributed by atoms with E-state index < -0.39 is 5.79 Å². The Labute approximate surface area is 115 Å². The zero-order chi connectivity index (χ0) is 13.8. The Morgan fingerprint density at radius 1 is 1.21 bits per heavy atom. The van der Waals surface area contributed by atoms with E-state index in [2.05, 4.69) is 5.10 Å². The molecule has 1 aliphatic heterocycles. The summed E-state index contributed by atoms with van der Waals surface area (Å²) in [6.45, 7) is 3.69. The molecule has 0 fully saturated rings. The molecule has 2 aromatic rings. The lowest BCUT2D eigenvalue weighted by Crippen LogP contribution is -2.29. The molecule has 19 heavy (non-hydrogen) atoms. The fourth-order valence-electron chi connectivity index (χ4n) is 2.11. The van der Waals surface area contributed by atoms with E-state index in [-0.39, 0.29) is 0 Å². The molecule has 0 aliphatic carbocycles. The fourth-order valence-corrected chi connectivity index (χ4v) is 2.36. The number of nitrogens with zero attached hydrogens (tertiary/aromatic N) is 2. The Morgan fingerprint density at radius 2 is 1.84 bits per heavy atom. The van der Waals surface area contributed by atoms with Crippen molar-refractivity contribution >= 4 is 17.4 Å². The summed E-state index contributed by atoms with van der Waals surface area (Å²) >= 11 is 6.29. The topological polar surface area (TPSA) is 62.3 Å². The van der Waals surface area contributed by atoms with Crippen LogP contribution in [0.3, 0.4) is 0 Å². The van der Waals surface area contributed by atoms with Crippen LogP contribution >= 0.6 is 11.6 Å². The van der Waals surface area contributed by atoms with Gasteiger partial charge in [-0.1, -0.05) is 11.6 Å². The van der Waals surface area contributed by atoms with Gasteiger partial charge in [-0.2, -0.15) is 5.10 Å². The van der Waals surface area contributed by atoms with Crippen molar-refractivity contribution in [3.63, 3.8) is 0 Å². The molecule has 1 aliphatic rings. The maximum atomic E-state index is 6.29. The van der Waals surface area contributed by atoms with Gasteiger partial charge in [0.05, 0.1) is 11.2 Å². The molecule has 2 N–H and O–H groups in total. The molecule has 0 radical (unpaired) electrons. The molecule has 0 spiro atoms. The zero-order valence-electron chi connectivity index (χ0n) is 10.9. The summed E-state index contributed by atoms with van der Waals surface area (Å²) < 4.78 is 12.9. The summed E-state index contributed by atoms with van der Waals surface area (Å²) in [6.07, 6.45) is 1.68. The zero-order valence-corrected chi connectivity index (χ0v) is 11.7. The second-order valence-electron chi connectivity index (χ2n) is 4.95. The molecule has 0 saturated heterocycles. The molecule has 3 rings (SSSR count). The van der Waals surface area contributed by atoms with Gasteiger partial charge in [0.2, 0.25) is 5.79 Å². The minimum atomic E-state index is -0.676. The van der Waals surface area contributed by atoms with E-state index in [4.69, 9.17) is 26.8 Å². The molecule has 100 valence electrons. The lowest BCUT2D eigenvalue weighted by atomic mass is 10.1. The van der Waals surface area contributed by atoms with Crippen LogP contribution in [0, 0.1) is 0 Å². The summed E-state index contributed by atoms with van der Waals surface area (Å²) in [6, 6.07) is 3.58. The number of hydrogen-bond donors (Lipinski definition) is 1. The van der Waals surface area contributed by atoms with Gasteiger partial charge < -0.3 is 15.2 Å². The highest BCUT2D eigenvalue weighted by Gasteiger charge is 2.32. The molecule has 1 aromatic heterocycles. The number of halogens is 1. The second kappa shape index (κ2) is 3.81. The molecular weight excluding hydrogens is 266 g/mol. The highest BCUT2D eigenvalue weighted by atomic mass is 35.5. The number of aryl methyl sites for hydroxylation is 1. The molecule has 0 unspecified atom stereocenters. The molecule has 6 heteroatoms. The van der Waals surface area contributed by atoms with E-state index in [1.165, 1.54) is 0 Å².